The van der Waals surface area contributed by atoms with E-state index in [1.165, 1.54) is 40.5 Å². The molecule has 0 atom stereocenters. The van der Waals surface area contributed by atoms with E-state index in [0.29, 0.717) is 10.0 Å². The van der Waals surface area contributed by atoms with E-state index in [4.69, 9.17) is 23.2 Å². The third kappa shape index (κ3) is 5.98. The van der Waals surface area contributed by atoms with Gasteiger partial charge in [0.25, 0.3) is 5.91 Å². The highest BCUT2D eigenvalue weighted by Crippen LogP contribution is 2.29. The minimum Gasteiger partial charge on any atom is -0.330 e. The van der Waals surface area contributed by atoms with Crippen LogP contribution in [0, 0.1) is 0 Å². The molecule has 0 heterocycles. The molecule has 168 valence electrons. The molecule has 0 unspecified atom stereocenters. The average molecular weight is 486 g/mol. The van der Waals surface area contributed by atoms with E-state index in [1.54, 1.807) is 39.0 Å². The van der Waals surface area contributed by atoms with Crippen molar-refractivity contribution in [1.29, 1.82) is 0 Å². The van der Waals surface area contributed by atoms with Gasteiger partial charge in [0.2, 0.25) is 15.9 Å². The van der Waals surface area contributed by atoms with Crippen LogP contribution in [0.15, 0.2) is 47.4 Å². The number of amides is 2. The molecule has 0 aromatic heterocycles. The van der Waals surface area contributed by atoms with Gasteiger partial charge in [0, 0.05) is 25.2 Å². The maximum Gasteiger partial charge on any atom is 0.254 e. The predicted molar refractivity (Wildman–Crippen MR) is 123 cm³/mol. The van der Waals surface area contributed by atoms with Gasteiger partial charge in [-0.1, -0.05) is 29.3 Å². The van der Waals surface area contributed by atoms with Crippen LogP contribution < -0.4 is 5.32 Å². The Morgan fingerprint density at radius 2 is 1.58 bits per heavy atom. The zero-order valence-electron chi connectivity index (χ0n) is 17.7. The summed E-state index contributed by atoms with van der Waals surface area (Å²) < 4.78 is 26.4. The van der Waals surface area contributed by atoms with E-state index in [9.17, 15) is 18.0 Å². The van der Waals surface area contributed by atoms with Crippen molar-refractivity contribution in [2.24, 2.45) is 0 Å². The normalized spacial score (nSPS) is 11.6. The standard InChI is InChI=1S/C21H25Cl2N3O4S/c1-5-26(13-19(27)24-20-17(22)7-6-8-18(20)23)21(28)15-9-11-16(12-10-15)31(29,30)25(4)14(2)3/h6-12,14H,5,13H2,1-4H3,(H,24,27). The number of para-hydroxylation sites is 1. The fourth-order valence-electron chi connectivity index (χ4n) is 2.69. The van der Waals surface area contributed by atoms with Crippen molar-refractivity contribution in [3.63, 3.8) is 0 Å². The Balaban J connectivity index is 2.14. The van der Waals surface area contributed by atoms with Crippen LogP contribution in [0.4, 0.5) is 5.69 Å². The van der Waals surface area contributed by atoms with Gasteiger partial charge in [-0.15, -0.1) is 0 Å². The molecule has 0 spiro atoms. The van der Waals surface area contributed by atoms with Crippen LogP contribution in [0.25, 0.3) is 0 Å². The molecule has 31 heavy (non-hydrogen) atoms. The topological polar surface area (TPSA) is 86.8 Å². The zero-order valence-corrected chi connectivity index (χ0v) is 20.1. The van der Waals surface area contributed by atoms with E-state index >= 15 is 0 Å². The van der Waals surface area contributed by atoms with Gasteiger partial charge in [0.1, 0.15) is 6.54 Å². The second-order valence-electron chi connectivity index (χ2n) is 7.10. The molecule has 2 aromatic carbocycles. The number of carbonyl (C=O) groups excluding carboxylic acids is 2. The number of nitrogens with zero attached hydrogens (tertiary/aromatic N) is 2. The number of benzene rings is 2. The first-order chi connectivity index (χ1) is 14.5. The molecule has 0 saturated carbocycles. The summed E-state index contributed by atoms with van der Waals surface area (Å²) in [5.74, 6) is -0.855. The molecule has 0 aliphatic heterocycles. The number of halogens is 2. The van der Waals surface area contributed by atoms with Gasteiger partial charge >= 0.3 is 0 Å². The highest BCUT2D eigenvalue weighted by molar-refractivity contribution is 7.89. The molecule has 1 N–H and O–H groups in total. The number of likely N-dealkylation sites (N-methyl/N-ethyl adjacent to an activating group) is 1. The van der Waals surface area contributed by atoms with Crippen LogP contribution in [0.1, 0.15) is 31.1 Å². The minimum atomic E-state index is -3.65. The molecular weight excluding hydrogens is 461 g/mol. The third-order valence-electron chi connectivity index (χ3n) is 4.74. The first kappa shape index (κ1) is 25.1. The van der Waals surface area contributed by atoms with E-state index < -0.39 is 21.8 Å². The van der Waals surface area contributed by atoms with Crippen molar-refractivity contribution < 1.29 is 18.0 Å². The lowest BCUT2D eigenvalue weighted by molar-refractivity contribution is -0.116. The molecule has 7 nitrogen and oxygen atoms in total. The fourth-order valence-corrected chi connectivity index (χ4v) is 4.55. The summed E-state index contributed by atoms with van der Waals surface area (Å²) in [6, 6.07) is 10.3. The first-order valence-electron chi connectivity index (χ1n) is 9.60. The zero-order chi connectivity index (χ0) is 23.3. The predicted octanol–water partition coefficient (Wildman–Crippen LogP) is 4.12. The maximum absolute atomic E-state index is 12.8. The van der Waals surface area contributed by atoms with Crippen LogP contribution >= 0.6 is 23.2 Å². The van der Waals surface area contributed by atoms with Crippen molar-refractivity contribution >= 4 is 50.7 Å². The summed E-state index contributed by atoms with van der Waals surface area (Å²) in [4.78, 5) is 26.7. The Kier molecular flexibility index (Phi) is 8.48. The van der Waals surface area contributed by atoms with Crippen molar-refractivity contribution in [2.75, 3.05) is 25.5 Å². The van der Waals surface area contributed by atoms with Crippen LogP contribution in [0.5, 0.6) is 0 Å². The molecular formula is C21H25Cl2N3O4S. The van der Waals surface area contributed by atoms with Crippen LogP contribution in [-0.2, 0) is 14.8 Å². The number of sulfonamides is 1. The molecule has 0 saturated heterocycles. The van der Waals surface area contributed by atoms with Crippen LogP contribution in [-0.4, -0.2) is 55.6 Å². The maximum atomic E-state index is 12.8. The van der Waals surface area contributed by atoms with Gasteiger partial charge in [-0.25, -0.2) is 8.42 Å². The molecule has 2 rings (SSSR count). The SMILES string of the molecule is CCN(CC(=O)Nc1c(Cl)cccc1Cl)C(=O)c1ccc(S(=O)(=O)N(C)C(C)C)cc1. The van der Waals surface area contributed by atoms with Gasteiger partial charge in [-0.3, -0.25) is 9.59 Å². The van der Waals surface area contributed by atoms with Crippen LogP contribution in [0.3, 0.4) is 0 Å². The van der Waals surface area contributed by atoms with E-state index in [0.717, 1.165) is 0 Å². The molecule has 0 radical (unpaired) electrons. The van der Waals surface area contributed by atoms with Crippen LogP contribution in [0.2, 0.25) is 10.0 Å². The smallest absolute Gasteiger partial charge is 0.254 e. The van der Waals surface area contributed by atoms with Gasteiger partial charge in [0.15, 0.2) is 0 Å². The minimum absolute atomic E-state index is 0.0920. The van der Waals surface area contributed by atoms with Gasteiger partial charge in [-0.2, -0.15) is 4.31 Å². The summed E-state index contributed by atoms with van der Waals surface area (Å²) in [6.07, 6.45) is 0. The second kappa shape index (κ2) is 10.5. The molecule has 2 aromatic rings. The number of hydrogen-bond acceptors (Lipinski definition) is 4. The largest absolute Gasteiger partial charge is 0.330 e. The second-order valence-corrected chi connectivity index (χ2v) is 9.92. The summed E-state index contributed by atoms with van der Waals surface area (Å²) in [5.41, 5.74) is 0.555. The summed E-state index contributed by atoms with van der Waals surface area (Å²) in [7, 11) is -2.15. The number of hydrogen-bond donors (Lipinski definition) is 1. The monoisotopic (exact) mass is 485 g/mol. The number of nitrogens with one attached hydrogen (secondary N) is 1. The Morgan fingerprint density at radius 1 is 1.03 bits per heavy atom. The number of rotatable bonds is 8. The van der Waals surface area contributed by atoms with Crippen molar-refractivity contribution in [3.05, 3.63) is 58.1 Å². The van der Waals surface area contributed by atoms with E-state index in [2.05, 4.69) is 5.32 Å². The molecule has 10 heteroatoms. The van der Waals surface area contributed by atoms with Gasteiger partial charge in [0.05, 0.1) is 20.6 Å². The molecule has 0 aliphatic rings. The summed E-state index contributed by atoms with van der Waals surface area (Å²) in [6.45, 7) is 5.35. The van der Waals surface area contributed by atoms with Gasteiger partial charge < -0.3 is 10.2 Å². The molecule has 0 bridgehead atoms. The molecule has 0 fully saturated rings. The Morgan fingerprint density at radius 3 is 2.06 bits per heavy atom. The quantitative estimate of drug-likeness (QED) is 0.608. The van der Waals surface area contributed by atoms with Gasteiger partial charge in [-0.05, 0) is 57.2 Å². The summed E-state index contributed by atoms with van der Waals surface area (Å²) >= 11 is 12.1. The van der Waals surface area contributed by atoms with E-state index in [-0.39, 0.29) is 35.3 Å². The lowest BCUT2D eigenvalue weighted by atomic mass is 10.2. The highest BCUT2D eigenvalue weighted by Gasteiger charge is 2.24. The Bertz CT molecular complexity index is 1040. The first-order valence-corrected chi connectivity index (χ1v) is 11.8. The summed E-state index contributed by atoms with van der Waals surface area (Å²) in [5, 5.41) is 3.20. The molecule has 2 amide bonds. The average Bonchev–Trinajstić information content (AvgIpc) is 2.73. The number of anilines is 1. The lowest BCUT2D eigenvalue weighted by Crippen LogP contribution is -2.38. The highest BCUT2D eigenvalue weighted by atomic mass is 35.5. The van der Waals surface area contributed by atoms with Crippen molar-refractivity contribution in [1.82, 2.24) is 9.21 Å². The third-order valence-corrected chi connectivity index (χ3v) is 7.41. The molecule has 0 aliphatic carbocycles. The Labute approximate surface area is 193 Å². The number of carbonyl (C=O) groups is 2. The van der Waals surface area contributed by atoms with Crippen molar-refractivity contribution in [3.8, 4) is 0 Å². The lowest BCUT2D eigenvalue weighted by Gasteiger charge is -2.22. The Hall–Kier alpha value is -2.13. The fraction of sp³-hybridized carbons (Fsp3) is 0.333. The van der Waals surface area contributed by atoms with Crippen molar-refractivity contribution in [2.45, 2.75) is 31.7 Å². The van der Waals surface area contributed by atoms with E-state index in [1.807, 2.05) is 0 Å².